The Bertz CT molecular complexity index is 184. The monoisotopic (exact) mass is 145 g/mol. The van der Waals surface area contributed by atoms with Crippen molar-refractivity contribution < 1.29 is 19.3 Å². The predicted molar refractivity (Wildman–Crippen MR) is 30.6 cm³/mol. The highest BCUT2D eigenvalue weighted by Gasteiger charge is 2.39. The maximum absolute atomic E-state index is 10.9. The molecule has 0 aromatic rings. The summed E-state index contributed by atoms with van der Waals surface area (Å²) < 4.78 is -1.17. The normalized spacial score (nSPS) is 21.3. The fourth-order valence-electron chi connectivity index (χ4n) is 0.823. The predicted octanol–water partition coefficient (Wildman–Crippen LogP) is -0.684. The van der Waals surface area contributed by atoms with Crippen molar-refractivity contribution in [2.24, 2.45) is 0 Å². The van der Waals surface area contributed by atoms with Crippen molar-refractivity contribution in [1.82, 2.24) is 0 Å². The molecule has 0 radical (unpaired) electrons. The lowest BCUT2D eigenvalue weighted by atomic mass is 10.2. The van der Waals surface area contributed by atoms with Gasteiger partial charge in [0.15, 0.2) is 0 Å². The van der Waals surface area contributed by atoms with E-state index in [-0.39, 0.29) is 13.1 Å². The Balaban J connectivity index is 2.64. The van der Waals surface area contributed by atoms with Crippen molar-refractivity contribution in [3.05, 3.63) is 5.21 Å². The average Bonchev–Trinajstić information content (AvgIpc) is 1.81. The Hall–Kier alpha value is -0.940. The van der Waals surface area contributed by atoms with Gasteiger partial charge in [0.25, 0.3) is 0 Å². The molecule has 5 nitrogen and oxygen atoms in total. The van der Waals surface area contributed by atoms with Crippen LogP contribution in [0.15, 0.2) is 0 Å². The van der Waals surface area contributed by atoms with Gasteiger partial charge in [-0.15, -0.1) is 0 Å². The summed E-state index contributed by atoms with van der Waals surface area (Å²) in [4.78, 5) is 20.5. The number of carboxylic acid groups (broad SMARTS) is 1. The SMILES string of the molecule is O=C(O)C(=O)[N+]1([O-])CCC1. The molecule has 0 atom stereocenters. The van der Waals surface area contributed by atoms with Gasteiger partial charge in [-0.2, -0.15) is 0 Å². The molecule has 0 unspecified atom stereocenters. The van der Waals surface area contributed by atoms with Crippen LogP contribution in [0.5, 0.6) is 0 Å². The number of rotatable bonds is 0. The van der Waals surface area contributed by atoms with Crippen molar-refractivity contribution in [2.75, 3.05) is 13.1 Å². The highest BCUT2D eigenvalue weighted by Crippen LogP contribution is 2.17. The molecule has 1 amide bonds. The number of quaternary nitrogens is 1. The number of hydrogen-bond acceptors (Lipinski definition) is 3. The summed E-state index contributed by atoms with van der Waals surface area (Å²) in [5, 5.41) is 19.0. The van der Waals surface area contributed by atoms with E-state index in [9.17, 15) is 14.8 Å². The molecule has 0 aromatic carbocycles. The fourth-order valence-corrected chi connectivity index (χ4v) is 0.823. The van der Waals surface area contributed by atoms with Crippen LogP contribution in [0.3, 0.4) is 0 Å². The zero-order valence-electron chi connectivity index (χ0n) is 5.24. The molecule has 0 aromatic heterocycles. The second-order valence-electron chi connectivity index (χ2n) is 2.30. The number of carbonyl (C=O) groups excluding carboxylic acids is 1. The second-order valence-corrected chi connectivity index (χ2v) is 2.30. The molecule has 1 rings (SSSR count). The third kappa shape index (κ3) is 0.891. The summed E-state index contributed by atoms with van der Waals surface area (Å²) in [6, 6.07) is 0. The summed E-state index contributed by atoms with van der Waals surface area (Å²) in [6.07, 6.45) is 0.641. The van der Waals surface area contributed by atoms with E-state index in [0.29, 0.717) is 6.42 Å². The number of carbonyl (C=O) groups is 2. The standard InChI is InChI=1S/C5H7NO4/c7-4(5(8)9)6(10)2-1-3-6/h1-3H2,(H,8,9). The van der Waals surface area contributed by atoms with Crippen LogP contribution in [-0.4, -0.2) is 34.7 Å². The molecule has 1 fully saturated rings. The minimum Gasteiger partial charge on any atom is -0.625 e. The summed E-state index contributed by atoms with van der Waals surface area (Å²) >= 11 is 0. The summed E-state index contributed by atoms with van der Waals surface area (Å²) in [7, 11) is 0. The molecular weight excluding hydrogens is 138 g/mol. The van der Waals surface area contributed by atoms with Crippen LogP contribution in [0, 0.1) is 5.21 Å². The molecule has 5 heteroatoms. The van der Waals surface area contributed by atoms with Gasteiger partial charge in [0, 0.05) is 6.42 Å². The largest absolute Gasteiger partial charge is 0.625 e. The summed E-state index contributed by atoms with van der Waals surface area (Å²) in [5.41, 5.74) is 0. The molecule has 1 aliphatic rings. The van der Waals surface area contributed by atoms with Crippen LogP contribution < -0.4 is 0 Å². The minimum atomic E-state index is -1.63. The van der Waals surface area contributed by atoms with E-state index in [0.717, 1.165) is 0 Å². The average molecular weight is 145 g/mol. The molecule has 0 bridgehead atoms. The van der Waals surface area contributed by atoms with Crippen molar-refractivity contribution in [3.8, 4) is 0 Å². The first-order chi connectivity index (χ1) is 4.56. The van der Waals surface area contributed by atoms with Crippen LogP contribution in [0.2, 0.25) is 0 Å². The summed E-state index contributed by atoms with van der Waals surface area (Å²) in [6.45, 7) is 0.232. The Kier molecular flexibility index (Phi) is 1.46. The Morgan fingerprint density at radius 3 is 2.00 bits per heavy atom. The number of hydroxylamine groups is 3. The fraction of sp³-hybridized carbons (Fsp3) is 0.600. The van der Waals surface area contributed by atoms with Crippen molar-refractivity contribution in [3.63, 3.8) is 0 Å². The van der Waals surface area contributed by atoms with Crippen LogP contribution in [0.1, 0.15) is 6.42 Å². The molecular formula is C5H7NO4. The van der Waals surface area contributed by atoms with Gasteiger partial charge in [0.1, 0.15) is 0 Å². The van der Waals surface area contributed by atoms with Crippen molar-refractivity contribution in [1.29, 1.82) is 0 Å². The zero-order chi connectivity index (χ0) is 7.78. The Morgan fingerprint density at radius 1 is 1.40 bits per heavy atom. The van der Waals surface area contributed by atoms with Crippen LogP contribution in [-0.2, 0) is 9.59 Å². The number of carboxylic acids is 1. The lowest BCUT2D eigenvalue weighted by molar-refractivity contribution is -0.842. The van der Waals surface area contributed by atoms with Gasteiger partial charge in [0.2, 0.25) is 0 Å². The maximum Gasteiger partial charge on any atom is 0.434 e. The van der Waals surface area contributed by atoms with E-state index in [2.05, 4.69) is 0 Å². The van der Waals surface area contributed by atoms with E-state index >= 15 is 0 Å². The van der Waals surface area contributed by atoms with E-state index in [1.807, 2.05) is 0 Å². The molecule has 1 N–H and O–H groups in total. The highest BCUT2D eigenvalue weighted by molar-refractivity contribution is 6.28. The van der Waals surface area contributed by atoms with Gasteiger partial charge >= 0.3 is 11.9 Å². The number of likely N-dealkylation sites (tertiary alicyclic amines) is 1. The Labute approximate surface area is 57.0 Å². The van der Waals surface area contributed by atoms with Gasteiger partial charge in [-0.1, -0.05) is 0 Å². The number of amides is 1. The molecule has 56 valence electrons. The quantitative estimate of drug-likeness (QED) is 0.278. The van der Waals surface area contributed by atoms with Gasteiger partial charge < -0.3 is 10.3 Å². The van der Waals surface area contributed by atoms with Crippen LogP contribution in [0.25, 0.3) is 0 Å². The summed E-state index contributed by atoms with van der Waals surface area (Å²) in [5.74, 6) is -2.87. The number of hydrogen-bond donors (Lipinski definition) is 1. The van der Waals surface area contributed by atoms with Gasteiger partial charge in [0.05, 0.1) is 13.1 Å². The number of aliphatic carboxylic acids is 1. The smallest absolute Gasteiger partial charge is 0.434 e. The van der Waals surface area contributed by atoms with Crippen molar-refractivity contribution >= 4 is 11.9 Å². The van der Waals surface area contributed by atoms with E-state index in [1.54, 1.807) is 0 Å². The van der Waals surface area contributed by atoms with Crippen molar-refractivity contribution in [2.45, 2.75) is 6.42 Å². The first-order valence-corrected chi connectivity index (χ1v) is 2.92. The van der Waals surface area contributed by atoms with E-state index in [1.165, 1.54) is 0 Å². The molecule has 1 aliphatic heterocycles. The van der Waals surface area contributed by atoms with Gasteiger partial charge in [-0.25, -0.2) is 9.59 Å². The number of nitrogens with zero attached hydrogens (tertiary/aromatic N) is 1. The highest BCUT2D eigenvalue weighted by atomic mass is 16.6. The molecule has 10 heavy (non-hydrogen) atoms. The van der Waals surface area contributed by atoms with Gasteiger partial charge in [-0.3, -0.25) is 4.65 Å². The molecule has 0 spiro atoms. The topological polar surface area (TPSA) is 77.4 Å². The first-order valence-electron chi connectivity index (χ1n) is 2.92. The lowest BCUT2D eigenvalue weighted by Gasteiger charge is -2.45. The van der Waals surface area contributed by atoms with Crippen LogP contribution >= 0.6 is 0 Å². The minimum absolute atomic E-state index is 0.116. The van der Waals surface area contributed by atoms with E-state index in [4.69, 9.17) is 5.11 Å². The Morgan fingerprint density at radius 2 is 1.90 bits per heavy atom. The second kappa shape index (κ2) is 2.03. The third-order valence-corrected chi connectivity index (χ3v) is 1.59. The molecule has 1 saturated heterocycles. The molecule has 0 aliphatic carbocycles. The first kappa shape index (κ1) is 7.17. The third-order valence-electron chi connectivity index (χ3n) is 1.59. The van der Waals surface area contributed by atoms with E-state index < -0.39 is 16.5 Å². The molecule has 1 heterocycles. The zero-order valence-corrected chi connectivity index (χ0v) is 5.24. The molecule has 0 saturated carbocycles. The maximum atomic E-state index is 10.9. The van der Waals surface area contributed by atoms with Gasteiger partial charge in [-0.05, 0) is 0 Å². The lowest BCUT2D eigenvalue weighted by Crippen LogP contribution is -2.59. The van der Waals surface area contributed by atoms with Crippen LogP contribution in [0.4, 0.5) is 0 Å².